The van der Waals surface area contributed by atoms with Crippen LogP contribution < -0.4 is 16.2 Å². The molecule has 188 valence electrons. The Morgan fingerprint density at radius 2 is 1.64 bits per heavy atom. The average molecular weight is 508 g/mol. The molecule has 0 fully saturated rings. The summed E-state index contributed by atoms with van der Waals surface area (Å²) in [6.07, 6.45) is 0. The number of nitrogens with zero attached hydrogens (tertiary/aromatic N) is 1. The van der Waals surface area contributed by atoms with Crippen LogP contribution in [0.2, 0.25) is 0 Å². The maximum atomic E-state index is 13.0. The summed E-state index contributed by atoms with van der Waals surface area (Å²) in [5.74, 6) is -1.40. The normalized spacial score (nSPS) is 11.2. The Bertz CT molecular complexity index is 1390. The van der Waals surface area contributed by atoms with Crippen molar-refractivity contribution in [2.45, 2.75) is 25.3 Å². The first-order valence-electron chi connectivity index (χ1n) is 11.2. The van der Waals surface area contributed by atoms with Gasteiger partial charge in [0.1, 0.15) is 5.84 Å². The number of carbonyl (C=O) groups excluding carboxylic acids is 2. The quantitative estimate of drug-likeness (QED) is 0.209. The number of nitrogen functional groups attached to an aromatic ring is 1. The molecule has 0 radical (unpaired) electrons. The number of hydrogen-bond acceptors (Lipinski definition) is 5. The first-order chi connectivity index (χ1) is 16.9. The lowest BCUT2D eigenvalue weighted by Gasteiger charge is -2.24. The summed E-state index contributed by atoms with van der Waals surface area (Å²) < 4.78 is 23.2. The van der Waals surface area contributed by atoms with Crippen LogP contribution >= 0.6 is 0 Å². The van der Waals surface area contributed by atoms with Crippen molar-refractivity contribution >= 4 is 33.4 Å². The van der Waals surface area contributed by atoms with Gasteiger partial charge in [-0.25, -0.2) is 13.6 Å². The second-order valence-corrected chi connectivity index (χ2v) is 10.4. The van der Waals surface area contributed by atoms with Gasteiger partial charge in [0, 0.05) is 24.3 Å². The van der Waals surface area contributed by atoms with Crippen molar-refractivity contribution in [2.24, 2.45) is 16.8 Å². The molecule has 0 heterocycles. The van der Waals surface area contributed by atoms with Crippen LogP contribution in [0.3, 0.4) is 0 Å². The topological polar surface area (TPSA) is 159 Å². The van der Waals surface area contributed by atoms with Crippen LogP contribution in [0.25, 0.3) is 11.1 Å². The highest BCUT2D eigenvalue weighted by molar-refractivity contribution is 7.89. The van der Waals surface area contributed by atoms with Crippen LogP contribution in [0, 0.1) is 11.3 Å². The third kappa shape index (κ3) is 7.00. The van der Waals surface area contributed by atoms with Crippen molar-refractivity contribution in [3.63, 3.8) is 0 Å². The molecule has 3 rings (SSSR count). The van der Waals surface area contributed by atoms with Gasteiger partial charge in [-0.1, -0.05) is 56.3 Å². The smallest absolute Gasteiger partial charge is 0.313 e. The molecule has 0 spiro atoms. The first kappa shape index (κ1) is 26.6. The lowest BCUT2D eigenvalue weighted by Crippen LogP contribution is -2.41. The van der Waals surface area contributed by atoms with E-state index in [0.29, 0.717) is 23.4 Å². The fourth-order valence-corrected chi connectivity index (χ4v) is 4.20. The van der Waals surface area contributed by atoms with Crippen molar-refractivity contribution in [2.75, 3.05) is 11.9 Å². The predicted molar refractivity (Wildman–Crippen MR) is 140 cm³/mol. The maximum absolute atomic E-state index is 13.0. The summed E-state index contributed by atoms with van der Waals surface area (Å²) in [5.41, 5.74) is 8.66. The van der Waals surface area contributed by atoms with Gasteiger partial charge >= 0.3 is 11.8 Å². The lowest BCUT2D eigenvalue weighted by atomic mass is 10.1. The molecule has 3 aromatic carbocycles. The molecule has 0 unspecified atom stereocenters. The number of carbonyl (C=O) groups is 2. The largest absolute Gasteiger partial charge is 0.384 e. The van der Waals surface area contributed by atoms with Gasteiger partial charge in [-0.3, -0.25) is 15.0 Å². The van der Waals surface area contributed by atoms with Crippen LogP contribution in [-0.4, -0.2) is 37.5 Å². The number of nitrogens with two attached hydrogens (primary N) is 2. The molecule has 2 amide bonds. The first-order valence-corrected chi connectivity index (χ1v) is 12.8. The number of hydrogen-bond donors (Lipinski definition) is 4. The number of sulfonamides is 1. The molecule has 6 N–H and O–H groups in total. The SMILES string of the molecule is CC(C)CN(Cc1cccc(C(=N)N)c1)C(=O)C(=O)Nc1ccc(-c2cccc(S(N)(=O)=O)c2)cc1. The van der Waals surface area contributed by atoms with E-state index in [0.717, 1.165) is 11.1 Å². The van der Waals surface area contributed by atoms with E-state index in [1.54, 1.807) is 54.6 Å². The standard InChI is InChI=1S/C26H29N5O4S/c1-17(2)15-31(16-18-5-3-7-21(13-18)24(27)28)26(33)25(32)30-22-11-9-19(10-12-22)20-6-4-8-23(14-20)36(29,34)35/h3-14,17H,15-16H2,1-2H3,(H3,27,28)(H,30,32)(H2,29,34,35). The Labute approximate surface area is 210 Å². The maximum Gasteiger partial charge on any atom is 0.313 e. The molecule has 0 aliphatic heterocycles. The Kier molecular flexibility index (Phi) is 8.23. The fourth-order valence-electron chi connectivity index (χ4n) is 3.64. The highest BCUT2D eigenvalue weighted by atomic mass is 32.2. The van der Waals surface area contributed by atoms with Crippen LogP contribution in [0.15, 0.2) is 77.7 Å². The van der Waals surface area contributed by atoms with Crippen molar-refractivity contribution in [1.82, 2.24) is 4.90 Å². The van der Waals surface area contributed by atoms with Gasteiger partial charge in [0.15, 0.2) is 0 Å². The lowest BCUT2D eigenvalue weighted by molar-refractivity contribution is -0.143. The molecule has 0 saturated carbocycles. The molecule has 10 heteroatoms. The average Bonchev–Trinajstić information content (AvgIpc) is 2.83. The number of amidine groups is 1. The second-order valence-electron chi connectivity index (χ2n) is 8.80. The van der Waals surface area contributed by atoms with Crippen LogP contribution in [0.5, 0.6) is 0 Å². The number of rotatable bonds is 8. The molecule has 36 heavy (non-hydrogen) atoms. The molecular formula is C26H29N5O4S. The molecule has 0 aliphatic carbocycles. The minimum atomic E-state index is -3.83. The van der Waals surface area contributed by atoms with Gasteiger partial charge in [0.25, 0.3) is 0 Å². The zero-order valence-corrected chi connectivity index (χ0v) is 20.9. The Balaban J connectivity index is 1.74. The number of benzene rings is 3. The van der Waals surface area contributed by atoms with Gasteiger partial charge in [-0.15, -0.1) is 0 Å². The summed E-state index contributed by atoms with van der Waals surface area (Å²) >= 11 is 0. The molecular weight excluding hydrogens is 478 g/mol. The monoisotopic (exact) mass is 507 g/mol. The summed E-state index contributed by atoms with van der Waals surface area (Å²) in [4.78, 5) is 27.2. The predicted octanol–water partition coefficient (Wildman–Crippen LogP) is 2.91. The molecule has 0 atom stereocenters. The number of amides is 2. The van der Waals surface area contributed by atoms with E-state index < -0.39 is 21.8 Å². The highest BCUT2D eigenvalue weighted by Gasteiger charge is 2.23. The van der Waals surface area contributed by atoms with E-state index in [4.69, 9.17) is 16.3 Å². The van der Waals surface area contributed by atoms with Gasteiger partial charge in [0.2, 0.25) is 10.0 Å². The third-order valence-electron chi connectivity index (χ3n) is 5.32. The summed E-state index contributed by atoms with van der Waals surface area (Å²) in [6.45, 7) is 4.47. The van der Waals surface area contributed by atoms with E-state index >= 15 is 0 Å². The van der Waals surface area contributed by atoms with E-state index in [2.05, 4.69) is 5.32 Å². The molecule has 3 aromatic rings. The third-order valence-corrected chi connectivity index (χ3v) is 6.23. The van der Waals surface area contributed by atoms with Gasteiger partial charge in [0.05, 0.1) is 4.90 Å². The van der Waals surface area contributed by atoms with Crippen LogP contribution in [0.4, 0.5) is 5.69 Å². The molecule has 0 aromatic heterocycles. The minimum absolute atomic E-state index is 0.00191. The van der Waals surface area contributed by atoms with Crippen molar-refractivity contribution in [1.29, 1.82) is 5.41 Å². The van der Waals surface area contributed by atoms with E-state index in [-0.39, 0.29) is 23.2 Å². The Morgan fingerprint density at radius 3 is 2.25 bits per heavy atom. The van der Waals surface area contributed by atoms with Crippen molar-refractivity contribution < 1.29 is 18.0 Å². The zero-order chi connectivity index (χ0) is 26.5. The van der Waals surface area contributed by atoms with Gasteiger partial charge < -0.3 is 16.0 Å². The van der Waals surface area contributed by atoms with Gasteiger partial charge in [-0.2, -0.15) is 0 Å². The van der Waals surface area contributed by atoms with Gasteiger partial charge in [-0.05, 0) is 52.9 Å². The minimum Gasteiger partial charge on any atom is -0.384 e. The van der Waals surface area contributed by atoms with Crippen LogP contribution in [-0.2, 0) is 26.2 Å². The van der Waals surface area contributed by atoms with Crippen molar-refractivity contribution in [3.8, 4) is 11.1 Å². The Hall–Kier alpha value is -4.02. The summed E-state index contributed by atoms with van der Waals surface area (Å²) in [6, 6.07) is 19.9. The van der Waals surface area contributed by atoms with E-state index in [1.807, 2.05) is 19.9 Å². The Morgan fingerprint density at radius 1 is 0.972 bits per heavy atom. The molecule has 9 nitrogen and oxygen atoms in total. The number of primary sulfonamides is 1. The van der Waals surface area contributed by atoms with Crippen molar-refractivity contribution in [3.05, 3.63) is 83.9 Å². The second kappa shape index (κ2) is 11.1. The fraction of sp³-hybridized carbons (Fsp3) is 0.192. The van der Waals surface area contributed by atoms with E-state index in [1.165, 1.54) is 17.0 Å². The van der Waals surface area contributed by atoms with Crippen LogP contribution in [0.1, 0.15) is 25.0 Å². The molecule has 0 bridgehead atoms. The molecule has 0 aliphatic rings. The number of nitrogens with one attached hydrogen (secondary N) is 2. The highest BCUT2D eigenvalue weighted by Crippen LogP contribution is 2.24. The van der Waals surface area contributed by atoms with E-state index in [9.17, 15) is 18.0 Å². The summed E-state index contributed by atoms with van der Waals surface area (Å²) in [7, 11) is -3.83. The number of anilines is 1. The zero-order valence-electron chi connectivity index (χ0n) is 20.1. The summed E-state index contributed by atoms with van der Waals surface area (Å²) in [5, 5.41) is 15.4. The molecule has 0 saturated heterocycles.